The highest BCUT2D eigenvalue weighted by molar-refractivity contribution is 6.20. The molecule has 3 atom stereocenters. The monoisotopic (exact) mass is 362 g/mol. The minimum absolute atomic E-state index is 0.181. The second-order valence-electron chi connectivity index (χ2n) is 7.33. The fourth-order valence-corrected chi connectivity index (χ4v) is 3.08. The molecule has 0 saturated carbocycles. The highest BCUT2D eigenvalue weighted by Crippen LogP contribution is 2.43. The number of imide groups is 1. The van der Waals surface area contributed by atoms with E-state index in [9.17, 15) is 14.4 Å². The van der Waals surface area contributed by atoms with Gasteiger partial charge in [0.25, 0.3) is 0 Å². The quantitative estimate of drug-likeness (QED) is 0.827. The lowest BCUT2D eigenvalue weighted by Crippen LogP contribution is -2.45. The number of anilines is 1. The molecule has 1 aromatic rings. The first-order valence-corrected chi connectivity index (χ1v) is 8.66. The zero-order valence-electron chi connectivity index (χ0n) is 15.8. The number of hydrogen-bond donors (Lipinski definition) is 1. The van der Waals surface area contributed by atoms with Gasteiger partial charge in [-0.15, -0.1) is 0 Å². The van der Waals surface area contributed by atoms with Crippen molar-refractivity contribution in [2.45, 2.75) is 52.2 Å². The van der Waals surface area contributed by atoms with E-state index in [1.54, 1.807) is 58.9 Å². The normalized spacial score (nSPS) is 18.9. The lowest BCUT2D eigenvalue weighted by Gasteiger charge is -2.26. The lowest BCUT2D eigenvalue weighted by molar-refractivity contribution is -0.151. The van der Waals surface area contributed by atoms with Gasteiger partial charge >= 0.3 is 12.1 Å². The molecule has 7 heteroatoms. The van der Waals surface area contributed by atoms with Crippen molar-refractivity contribution in [2.75, 3.05) is 11.5 Å². The number of nitrogens with zero attached hydrogens (tertiary/aromatic N) is 1. The van der Waals surface area contributed by atoms with E-state index in [-0.39, 0.29) is 6.61 Å². The van der Waals surface area contributed by atoms with Gasteiger partial charge in [-0.25, -0.2) is 9.69 Å². The summed E-state index contributed by atoms with van der Waals surface area (Å²) in [5.41, 5.74) is 6.22. The van der Waals surface area contributed by atoms with Gasteiger partial charge in [0.2, 0.25) is 5.91 Å². The molecule has 0 bridgehead atoms. The average molecular weight is 362 g/mol. The first kappa shape index (κ1) is 19.9. The summed E-state index contributed by atoms with van der Waals surface area (Å²) in [6.45, 7) is 8.68. The van der Waals surface area contributed by atoms with E-state index in [2.05, 4.69) is 0 Å². The second-order valence-corrected chi connectivity index (χ2v) is 7.33. The molecule has 2 rings (SSSR count). The van der Waals surface area contributed by atoms with Crippen LogP contribution in [0.15, 0.2) is 24.3 Å². The summed E-state index contributed by atoms with van der Waals surface area (Å²) < 4.78 is 10.5. The predicted molar refractivity (Wildman–Crippen MR) is 96.7 cm³/mol. The number of hydrogen-bond acceptors (Lipinski definition) is 6. The number of benzene rings is 1. The third-order valence-corrected chi connectivity index (χ3v) is 4.06. The molecule has 1 aliphatic heterocycles. The van der Waals surface area contributed by atoms with Crippen molar-refractivity contribution in [3.8, 4) is 0 Å². The van der Waals surface area contributed by atoms with E-state index in [0.717, 1.165) is 4.90 Å². The molecule has 0 saturated heterocycles. The van der Waals surface area contributed by atoms with Crippen LogP contribution in [-0.4, -0.2) is 36.2 Å². The summed E-state index contributed by atoms with van der Waals surface area (Å²) in [6.07, 6.45) is -0.773. The SMILES string of the molecule is CCOC(=O)[C@@H]([C@H](C)N)[C@@H]1C(=O)N(C(=O)OC(C)(C)C)c2ccccc21. The smallest absolute Gasteiger partial charge is 0.421 e. The Kier molecular flexibility index (Phi) is 5.71. The van der Waals surface area contributed by atoms with Crippen molar-refractivity contribution < 1.29 is 23.9 Å². The van der Waals surface area contributed by atoms with Crippen molar-refractivity contribution in [1.82, 2.24) is 0 Å². The third kappa shape index (κ3) is 3.88. The van der Waals surface area contributed by atoms with Gasteiger partial charge in [-0.2, -0.15) is 0 Å². The second kappa shape index (κ2) is 7.45. The van der Waals surface area contributed by atoms with Gasteiger partial charge < -0.3 is 15.2 Å². The summed E-state index contributed by atoms with van der Waals surface area (Å²) in [4.78, 5) is 39.1. The number of amides is 2. The number of rotatable bonds is 4. The number of ether oxygens (including phenoxy) is 2. The van der Waals surface area contributed by atoms with E-state index in [0.29, 0.717) is 11.3 Å². The van der Waals surface area contributed by atoms with Gasteiger partial charge in [-0.3, -0.25) is 9.59 Å². The van der Waals surface area contributed by atoms with Crippen LogP contribution < -0.4 is 10.6 Å². The van der Waals surface area contributed by atoms with Crippen molar-refractivity contribution in [3.63, 3.8) is 0 Å². The van der Waals surface area contributed by atoms with Crippen LogP contribution in [0, 0.1) is 5.92 Å². The molecule has 1 aromatic carbocycles. The number of fused-ring (bicyclic) bond motifs is 1. The van der Waals surface area contributed by atoms with Crippen LogP contribution in [-0.2, 0) is 19.1 Å². The summed E-state index contributed by atoms with van der Waals surface area (Å²) in [7, 11) is 0. The summed E-state index contributed by atoms with van der Waals surface area (Å²) in [5, 5.41) is 0. The highest BCUT2D eigenvalue weighted by atomic mass is 16.6. The molecule has 2 amide bonds. The maximum absolute atomic E-state index is 13.1. The molecule has 1 heterocycles. The van der Waals surface area contributed by atoms with Gasteiger partial charge in [0.1, 0.15) is 5.60 Å². The van der Waals surface area contributed by atoms with Crippen molar-refractivity contribution >= 4 is 23.7 Å². The number of nitrogens with two attached hydrogens (primary N) is 1. The van der Waals surface area contributed by atoms with E-state index in [1.807, 2.05) is 0 Å². The first-order valence-electron chi connectivity index (χ1n) is 8.66. The van der Waals surface area contributed by atoms with Gasteiger partial charge in [-0.1, -0.05) is 18.2 Å². The van der Waals surface area contributed by atoms with E-state index in [4.69, 9.17) is 15.2 Å². The average Bonchev–Trinajstić information content (AvgIpc) is 2.79. The predicted octanol–water partition coefficient (Wildman–Crippen LogP) is 2.58. The molecular weight excluding hydrogens is 336 g/mol. The molecule has 1 aliphatic rings. The maximum atomic E-state index is 13.1. The Morgan fingerprint density at radius 1 is 1.27 bits per heavy atom. The van der Waals surface area contributed by atoms with E-state index in [1.165, 1.54) is 0 Å². The van der Waals surface area contributed by atoms with Gasteiger partial charge in [0.15, 0.2) is 0 Å². The number of para-hydroxylation sites is 1. The van der Waals surface area contributed by atoms with Crippen LogP contribution in [0.5, 0.6) is 0 Å². The van der Waals surface area contributed by atoms with Crippen LogP contribution in [0.2, 0.25) is 0 Å². The molecule has 0 radical (unpaired) electrons. The standard InChI is InChI=1S/C19H26N2O5/c1-6-25-17(23)14(11(2)20)15-12-9-7-8-10-13(12)21(16(15)22)18(24)26-19(3,4)5/h7-11,14-15H,6,20H2,1-5H3/t11-,14-,15+/m0/s1. The minimum Gasteiger partial charge on any atom is -0.466 e. The van der Waals surface area contributed by atoms with E-state index < -0.39 is 41.4 Å². The lowest BCUT2D eigenvalue weighted by atomic mass is 9.83. The fourth-order valence-electron chi connectivity index (χ4n) is 3.08. The molecule has 2 N–H and O–H groups in total. The molecule has 26 heavy (non-hydrogen) atoms. The van der Waals surface area contributed by atoms with Crippen LogP contribution >= 0.6 is 0 Å². The molecule has 0 aliphatic carbocycles. The van der Waals surface area contributed by atoms with Gasteiger partial charge in [0, 0.05) is 6.04 Å². The zero-order valence-corrected chi connectivity index (χ0v) is 15.8. The van der Waals surface area contributed by atoms with Crippen molar-refractivity contribution in [1.29, 1.82) is 0 Å². The maximum Gasteiger partial charge on any atom is 0.421 e. The Bertz CT molecular complexity index is 708. The van der Waals surface area contributed by atoms with Crippen LogP contribution in [0.1, 0.15) is 46.1 Å². The Balaban J connectivity index is 2.48. The molecule has 0 fully saturated rings. The Morgan fingerprint density at radius 3 is 2.42 bits per heavy atom. The Morgan fingerprint density at radius 2 is 1.88 bits per heavy atom. The first-order chi connectivity index (χ1) is 12.1. The Labute approximate surface area is 153 Å². The molecule has 7 nitrogen and oxygen atoms in total. The molecule has 0 aromatic heterocycles. The van der Waals surface area contributed by atoms with E-state index >= 15 is 0 Å². The minimum atomic E-state index is -0.893. The van der Waals surface area contributed by atoms with Crippen LogP contribution in [0.4, 0.5) is 10.5 Å². The molecular formula is C19H26N2O5. The summed E-state index contributed by atoms with van der Waals surface area (Å²) in [5.74, 6) is -2.87. The fraction of sp³-hybridized carbons (Fsp3) is 0.526. The van der Waals surface area contributed by atoms with Crippen LogP contribution in [0.3, 0.4) is 0 Å². The topological polar surface area (TPSA) is 98.9 Å². The molecule has 142 valence electrons. The summed E-state index contributed by atoms with van der Waals surface area (Å²) >= 11 is 0. The van der Waals surface area contributed by atoms with Gasteiger partial charge in [-0.05, 0) is 46.2 Å². The van der Waals surface area contributed by atoms with Gasteiger partial charge in [0.05, 0.1) is 24.1 Å². The molecule has 0 spiro atoms. The molecule has 0 unspecified atom stereocenters. The van der Waals surface area contributed by atoms with Crippen molar-refractivity contribution in [3.05, 3.63) is 29.8 Å². The zero-order chi connectivity index (χ0) is 19.6. The largest absolute Gasteiger partial charge is 0.466 e. The Hall–Kier alpha value is -2.41. The number of carbonyl (C=O) groups is 3. The van der Waals surface area contributed by atoms with Crippen LogP contribution in [0.25, 0.3) is 0 Å². The third-order valence-electron chi connectivity index (χ3n) is 4.06. The highest BCUT2D eigenvalue weighted by Gasteiger charge is 2.49. The number of carbonyl (C=O) groups excluding carboxylic acids is 3. The summed E-state index contributed by atoms with van der Waals surface area (Å²) in [6, 6.07) is 6.21. The van der Waals surface area contributed by atoms with Crippen molar-refractivity contribution in [2.24, 2.45) is 11.7 Å². The number of esters is 1.